The molecular weight excluding hydrogens is 328 g/mol. The van der Waals surface area contributed by atoms with Crippen molar-refractivity contribution in [2.24, 2.45) is 0 Å². The minimum absolute atomic E-state index is 0.316. The Morgan fingerprint density at radius 1 is 1.12 bits per heavy atom. The summed E-state index contributed by atoms with van der Waals surface area (Å²) in [5, 5.41) is 19.8. The number of nitrogens with zero attached hydrogens (tertiary/aromatic N) is 1. The predicted molar refractivity (Wildman–Crippen MR) is 89.1 cm³/mol. The number of hydrogen-bond donors (Lipinski definition) is 2. The van der Waals surface area contributed by atoms with Crippen molar-refractivity contribution in [3.8, 4) is 0 Å². The summed E-state index contributed by atoms with van der Waals surface area (Å²) in [6.45, 7) is 2.79. The van der Waals surface area contributed by atoms with Crippen LogP contribution >= 0.6 is 0 Å². The van der Waals surface area contributed by atoms with E-state index < -0.39 is 35.8 Å². The van der Waals surface area contributed by atoms with Gasteiger partial charge in [-0.2, -0.15) is 0 Å². The molecule has 0 aromatic heterocycles. The zero-order valence-electron chi connectivity index (χ0n) is 13.9. The van der Waals surface area contributed by atoms with Crippen molar-refractivity contribution in [1.82, 2.24) is 0 Å². The molecule has 0 saturated heterocycles. The van der Waals surface area contributed by atoms with Crippen LogP contribution in [0, 0.1) is 11.6 Å². The third-order valence-electron chi connectivity index (χ3n) is 4.67. The zero-order valence-corrected chi connectivity index (χ0v) is 13.9. The highest BCUT2D eigenvalue weighted by Crippen LogP contribution is 2.46. The van der Waals surface area contributed by atoms with Crippen molar-refractivity contribution in [3.63, 3.8) is 0 Å². The molecule has 0 aliphatic carbocycles. The van der Waals surface area contributed by atoms with Gasteiger partial charge in [-0.25, -0.2) is 8.78 Å². The van der Waals surface area contributed by atoms with Gasteiger partial charge >= 0.3 is 0 Å². The molecule has 0 saturated carbocycles. The van der Waals surface area contributed by atoms with E-state index in [0.29, 0.717) is 16.8 Å². The molecule has 0 bridgehead atoms. The molecule has 3 rings (SSSR count). The lowest BCUT2D eigenvalue weighted by molar-refractivity contribution is -0.123. The number of aliphatic hydroxyl groups is 2. The van der Waals surface area contributed by atoms with E-state index in [1.165, 1.54) is 41.3 Å². The number of carbonyl (C=O) groups is 1. The lowest BCUT2D eigenvalue weighted by atomic mass is 9.86. The summed E-state index contributed by atoms with van der Waals surface area (Å²) in [5.41, 5.74) is 0.328. The van der Waals surface area contributed by atoms with Crippen molar-refractivity contribution >= 4 is 11.6 Å². The molecule has 6 heteroatoms. The second kappa shape index (κ2) is 6.20. The summed E-state index contributed by atoms with van der Waals surface area (Å²) in [6, 6.07) is 8.46. The van der Waals surface area contributed by atoms with E-state index >= 15 is 0 Å². The number of amides is 1. The first-order valence-corrected chi connectivity index (χ1v) is 7.95. The molecule has 1 aliphatic heterocycles. The monoisotopic (exact) mass is 347 g/mol. The van der Waals surface area contributed by atoms with Gasteiger partial charge in [-0.3, -0.25) is 4.79 Å². The second-order valence-electron chi connectivity index (χ2n) is 6.71. The quantitative estimate of drug-likeness (QED) is 0.894. The van der Waals surface area contributed by atoms with Gasteiger partial charge < -0.3 is 15.1 Å². The number of aliphatic hydroxyl groups excluding tert-OH is 2. The van der Waals surface area contributed by atoms with Crippen LogP contribution in [0.2, 0.25) is 0 Å². The van der Waals surface area contributed by atoms with E-state index in [0.717, 1.165) is 0 Å². The Balaban J connectivity index is 2.20. The minimum atomic E-state index is -1.35. The predicted octanol–water partition coefficient (Wildman–Crippen LogP) is 2.68. The average molecular weight is 347 g/mol. The molecule has 0 radical (unpaired) electrons. The van der Waals surface area contributed by atoms with Gasteiger partial charge in [0.25, 0.3) is 0 Å². The third-order valence-corrected chi connectivity index (χ3v) is 4.67. The molecule has 2 N–H and O–H groups in total. The van der Waals surface area contributed by atoms with Gasteiger partial charge in [-0.1, -0.05) is 18.2 Å². The van der Waals surface area contributed by atoms with E-state index in [4.69, 9.17) is 0 Å². The fourth-order valence-corrected chi connectivity index (χ4v) is 3.37. The molecule has 2 aromatic carbocycles. The molecule has 1 aliphatic rings. The lowest BCUT2D eigenvalue weighted by Crippen LogP contribution is -2.44. The number of rotatable bonds is 4. The topological polar surface area (TPSA) is 60.8 Å². The smallest absolute Gasteiger partial charge is 0.237 e. The average Bonchev–Trinajstić information content (AvgIpc) is 2.75. The van der Waals surface area contributed by atoms with Crippen LogP contribution in [0.15, 0.2) is 42.5 Å². The first kappa shape index (κ1) is 17.5. The molecule has 2 aromatic rings. The Morgan fingerprint density at radius 3 is 2.44 bits per heavy atom. The van der Waals surface area contributed by atoms with Crippen molar-refractivity contribution in [2.75, 3.05) is 11.5 Å². The molecule has 25 heavy (non-hydrogen) atoms. The van der Waals surface area contributed by atoms with Gasteiger partial charge in [0.15, 0.2) is 0 Å². The number of fused-ring (bicyclic) bond motifs is 1. The van der Waals surface area contributed by atoms with Gasteiger partial charge in [-0.05, 0) is 49.2 Å². The highest BCUT2D eigenvalue weighted by Gasteiger charge is 2.48. The van der Waals surface area contributed by atoms with Crippen LogP contribution in [-0.4, -0.2) is 28.8 Å². The maximum absolute atomic E-state index is 13.8. The SMILES string of the molecule is CC1(C)C(=O)N([C@@H](c2cccc(F)c2)[C@H](O)CO)c2cc(F)ccc21. The summed E-state index contributed by atoms with van der Waals surface area (Å²) >= 11 is 0. The van der Waals surface area contributed by atoms with Crippen LogP contribution in [0.4, 0.5) is 14.5 Å². The maximum Gasteiger partial charge on any atom is 0.237 e. The first-order valence-electron chi connectivity index (χ1n) is 7.95. The number of halogens is 2. The molecule has 2 atom stereocenters. The van der Waals surface area contributed by atoms with E-state index in [9.17, 15) is 23.8 Å². The van der Waals surface area contributed by atoms with Gasteiger partial charge in [0.2, 0.25) is 5.91 Å². The summed E-state index contributed by atoms with van der Waals surface area (Å²) < 4.78 is 27.5. The minimum Gasteiger partial charge on any atom is -0.394 e. The van der Waals surface area contributed by atoms with Crippen molar-refractivity contribution in [3.05, 3.63) is 65.2 Å². The van der Waals surface area contributed by atoms with Crippen molar-refractivity contribution in [2.45, 2.75) is 31.4 Å². The number of benzene rings is 2. The van der Waals surface area contributed by atoms with Crippen molar-refractivity contribution < 1.29 is 23.8 Å². The normalized spacial score (nSPS) is 18.2. The largest absolute Gasteiger partial charge is 0.394 e. The number of hydrogen-bond acceptors (Lipinski definition) is 3. The van der Waals surface area contributed by atoms with Gasteiger partial charge in [-0.15, -0.1) is 0 Å². The molecular formula is C19H19F2NO3. The fourth-order valence-electron chi connectivity index (χ4n) is 3.37. The number of anilines is 1. The zero-order chi connectivity index (χ0) is 18.4. The Bertz CT molecular complexity index is 822. The standard InChI is InChI=1S/C19H19F2NO3/c1-19(2)14-7-6-13(21)9-15(14)22(18(19)25)17(16(24)10-23)11-4-3-5-12(20)8-11/h3-9,16-17,23-24H,10H2,1-2H3/t16-,17+/m1/s1. The molecule has 0 unspecified atom stereocenters. The highest BCUT2D eigenvalue weighted by atomic mass is 19.1. The Morgan fingerprint density at radius 2 is 1.80 bits per heavy atom. The van der Waals surface area contributed by atoms with Crippen LogP contribution < -0.4 is 4.90 Å². The number of carbonyl (C=O) groups excluding carboxylic acids is 1. The lowest BCUT2D eigenvalue weighted by Gasteiger charge is -2.33. The van der Waals surface area contributed by atoms with Crippen molar-refractivity contribution in [1.29, 1.82) is 0 Å². The fraction of sp³-hybridized carbons (Fsp3) is 0.316. The summed E-state index contributed by atoms with van der Waals surface area (Å²) in [7, 11) is 0. The molecule has 0 spiro atoms. The maximum atomic E-state index is 13.8. The molecule has 4 nitrogen and oxygen atoms in total. The van der Waals surface area contributed by atoms with Crippen LogP contribution in [0.25, 0.3) is 0 Å². The summed E-state index contributed by atoms with van der Waals surface area (Å²) in [6.07, 6.45) is -1.35. The Kier molecular flexibility index (Phi) is 4.34. The summed E-state index contributed by atoms with van der Waals surface area (Å²) in [4.78, 5) is 14.3. The van der Waals surface area contributed by atoms with Gasteiger partial charge in [0.05, 0.1) is 23.8 Å². The molecule has 132 valence electrons. The highest BCUT2D eigenvalue weighted by molar-refractivity contribution is 6.08. The van der Waals surface area contributed by atoms with E-state index in [1.54, 1.807) is 19.9 Å². The van der Waals surface area contributed by atoms with Crippen LogP contribution in [0.1, 0.15) is 31.0 Å². The third kappa shape index (κ3) is 2.81. The van der Waals surface area contributed by atoms with Gasteiger partial charge in [0, 0.05) is 0 Å². The molecule has 1 amide bonds. The van der Waals surface area contributed by atoms with Crippen LogP contribution in [0.5, 0.6) is 0 Å². The van der Waals surface area contributed by atoms with E-state index in [-0.39, 0.29) is 5.91 Å². The molecule has 0 fully saturated rings. The second-order valence-corrected chi connectivity index (χ2v) is 6.71. The molecule has 1 heterocycles. The van der Waals surface area contributed by atoms with Crippen LogP contribution in [0.3, 0.4) is 0 Å². The Hall–Kier alpha value is -2.31. The Labute approximate surface area is 144 Å². The summed E-state index contributed by atoms with van der Waals surface area (Å²) in [5.74, 6) is -1.40. The van der Waals surface area contributed by atoms with Crippen LogP contribution in [-0.2, 0) is 10.2 Å². The van der Waals surface area contributed by atoms with Gasteiger partial charge in [0.1, 0.15) is 17.7 Å². The first-order chi connectivity index (χ1) is 11.8. The van der Waals surface area contributed by atoms with E-state index in [2.05, 4.69) is 0 Å². The van der Waals surface area contributed by atoms with E-state index in [1.807, 2.05) is 0 Å².